The van der Waals surface area contributed by atoms with Gasteiger partial charge in [0, 0.05) is 16.0 Å². The van der Waals surface area contributed by atoms with Crippen LogP contribution in [0, 0.1) is 0 Å². The average Bonchev–Trinajstić information content (AvgIpc) is 3.18. The van der Waals surface area contributed by atoms with E-state index in [1.165, 1.54) is 11.3 Å². The van der Waals surface area contributed by atoms with Gasteiger partial charge in [-0.25, -0.2) is 0 Å². The lowest BCUT2D eigenvalue weighted by atomic mass is 10.1. The molecule has 1 atom stereocenters. The number of carbonyl (C=O) groups excluding carboxylic acids is 1. The maximum absolute atomic E-state index is 12.8. The van der Waals surface area contributed by atoms with Crippen LogP contribution in [0.1, 0.15) is 33.8 Å². The van der Waals surface area contributed by atoms with Gasteiger partial charge in [0.05, 0.1) is 10.9 Å². The fraction of sp³-hybridized carbons (Fsp3) is 0.227. The number of nitrogens with one attached hydrogen (secondary N) is 1. The summed E-state index contributed by atoms with van der Waals surface area (Å²) in [4.78, 5) is 14.6. The molecule has 5 rings (SSSR count). The van der Waals surface area contributed by atoms with Crippen molar-refractivity contribution in [1.82, 2.24) is 5.32 Å². The van der Waals surface area contributed by atoms with Gasteiger partial charge in [-0.15, -0.1) is 11.3 Å². The standard InChI is InChI=1S/C22H19NO4S/c1-13(14-6-7-18-19(10-14)26-9-8-25-18)23-22(24)20-11-15-12-27-17-5-3-2-4-16(17)21(15)28-20/h2-7,10-11,13H,8-9,12H2,1H3,(H,23,24)/t13-/m1/s1. The Labute approximate surface area is 166 Å². The van der Waals surface area contributed by atoms with Gasteiger partial charge in [-0.2, -0.15) is 0 Å². The number of benzene rings is 2. The number of hydrogen-bond acceptors (Lipinski definition) is 5. The summed E-state index contributed by atoms with van der Waals surface area (Å²) in [6.07, 6.45) is 0. The molecule has 142 valence electrons. The van der Waals surface area contributed by atoms with E-state index in [4.69, 9.17) is 14.2 Å². The van der Waals surface area contributed by atoms with Crippen molar-refractivity contribution >= 4 is 17.2 Å². The second-order valence-corrected chi connectivity index (χ2v) is 7.90. The average molecular weight is 393 g/mol. The van der Waals surface area contributed by atoms with E-state index in [1.807, 2.05) is 55.5 Å². The molecule has 3 heterocycles. The molecule has 2 aliphatic rings. The number of amides is 1. The summed E-state index contributed by atoms with van der Waals surface area (Å²) in [5.74, 6) is 2.26. The third kappa shape index (κ3) is 2.99. The number of fused-ring (bicyclic) bond motifs is 4. The van der Waals surface area contributed by atoms with Gasteiger partial charge in [-0.1, -0.05) is 18.2 Å². The van der Waals surface area contributed by atoms with Crippen LogP contribution in [0.2, 0.25) is 0 Å². The van der Waals surface area contributed by atoms with Crippen LogP contribution in [0.25, 0.3) is 10.4 Å². The third-order valence-electron chi connectivity index (χ3n) is 4.96. The molecule has 0 fully saturated rings. The summed E-state index contributed by atoms with van der Waals surface area (Å²) in [6, 6.07) is 15.5. The van der Waals surface area contributed by atoms with Gasteiger partial charge < -0.3 is 19.5 Å². The molecule has 1 N–H and O–H groups in total. The summed E-state index contributed by atoms with van der Waals surface area (Å²) < 4.78 is 17.0. The Morgan fingerprint density at radius 3 is 2.71 bits per heavy atom. The van der Waals surface area contributed by atoms with Crippen molar-refractivity contribution in [2.75, 3.05) is 13.2 Å². The van der Waals surface area contributed by atoms with Crippen molar-refractivity contribution in [2.24, 2.45) is 0 Å². The first kappa shape index (κ1) is 17.1. The Morgan fingerprint density at radius 2 is 1.82 bits per heavy atom. The molecule has 1 amide bonds. The van der Waals surface area contributed by atoms with Gasteiger partial charge in [-0.3, -0.25) is 4.79 Å². The van der Waals surface area contributed by atoms with E-state index in [1.54, 1.807) is 0 Å². The third-order valence-corrected chi connectivity index (χ3v) is 6.17. The van der Waals surface area contributed by atoms with E-state index in [0.717, 1.165) is 38.8 Å². The quantitative estimate of drug-likeness (QED) is 0.708. The number of ether oxygens (including phenoxy) is 3. The minimum Gasteiger partial charge on any atom is -0.488 e. The van der Waals surface area contributed by atoms with Crippen LogP contribution in [0.15, 0.2) is 48.5 Å². The van der Waals surface area contributed by atoms with Crippen LogP contribution in [-0.2, 0) is 6.61 Å². The summed E-state index contributed by atoms with van der Waals surface area (Å²) in [6.45, 7) is 3.57. The highest BCUT2D eigenvalue weighted by Gasteiger charge is 2.23. The first-order valence-corrected chi connectivity index (χ1v) is 10.1. The van der Waals surface area contributed by atoms with E-state index in [2.05, 4.69) is 5.32 Å². The smallest absolute Gasteiger partial charge is 0.261 e. The predicted molar refractivity (Wildman–Crippen MR) is 107 cm³/mol. The molecule has 2 aromatic carbocycles. The maximum Gasteiger partial charge on any atom is 0.261 e. The number of hydrogen-bond donors (Lipinski definition) is 1. The van der Waals surface area contributed by atoms with Gasteiger partial charge in [-0.05, 0) is 42.8 Å². The normalized spacial score (nSPS) is 15.0. The summed E-state index contributed by atoms with van der Waals surface area (Å²) >= 11 is 1.51. The van der Waals surface area contributed by atoms with Crippen molar-refractivity contribution in [3.8, 4) is 27.7 Å². The zero-order valence-electron chi connectivity index (χ0n) is 15.4. The lowest BCUT2D eigenvalue weighted by Gasteiger charge is -2.21. The van der Waals surface area contributed by atoms with Crippen LogP contribution in [0.3, 0.4) is 0 Å². The van der Waals surface area contributed by atoms with Crippen LogP contribution >= 0.6 is 11.3 Å². The molecule has 0 aliphatic carbocycles. The molecule has 0 saturated carbocycles. The molecule has 6 heteroatoms. The summed E-state index contributed by atoms with van der Waals surface area (Å²) in [5.41, 5.74) is 3.08. The molecule has 28 heavy (non-hydrogen) atoms. The van der Waals surface area contributed by atoms with Crippen molar-refractivity contribution in [1.29, 1.82) is 0 Å². The first-order valence-electron chi connectivity index (χ1n) is 9.24. The highest BCUT2D eigenvalue weighted by Crippen LogP contribution is 2.42. The van der Waals surface area contributed by atoms with Crippen LogP contribution < -0.4 is 19.5 Å². The number of para-hydroxylation sites is 1. The highest BCUT2D eigenvalue weighted by atomic mass is 32.1. The largest absolute Gasteiger partial charge is 0.488 e. The molecular formula is C22H19NO4S. The van der Waals surface area contributed by atoms with Crippen molar-refractivity contribution < 1.29 is 19.0 Å². The maximum atomic E-state index is 12.8. The molecule has 0 unspecified atom stereocenters. The molecule has 3 aromatic rings. The second-order valence-electron chi connectivity index (χ2n) is 6.85. The number of thiophene rings is 1. The number of carbonyl (C=O) groups is 1. The zero-order valence-corrected chi connectivity index (χ0v) is 16.2. The molecule has 1 aromatic heterocycles. The summed E-state index contributed by atoms with van der Waals surface area (Å²) in [7, 11) is 0. The lowest BCUT2D eigenvalue weighted by Crippen LogP contribution is -2.26. The fourth-order valence-corrected chi connectivity index (χ4v) is 4.59. The highest BCUT2D eigenvalue weighted by molar-refractivity contribution is 7.17. The molecule has 0 spiro atoms. The molecule has 0 radical (unpaired) electrons. The van der Waals surface area contributed by atoms with Gasteiger partial charge >= 0.3 is 0 Å². The van der Waals surface area contributed by atoms with E-state index < -0.39 is 0 Å². The number of rotatable bonds is 3. The minimum absolute atomic E-state index is 0.0840. The van der Waals surface area contributed by atoms with Crippen LogP contribution in [-0.4, -0.2) is 19.1 Å². The fourth-order valence-electron chi connectivity index (χ4n) is 3.49. The van der Waals surface area contributed by atoms with Gasteiger partial charge in [0.2, 0.25) is 0 Å². The Hall–Kier alpha value is -2.99. The Bertz CT molecular complexity index is 1060. The first-order chi connectivity index (χ1) is 13.7. The molecule has 2 aliphatic heterocycles. The van der Waals surface area contributed by atoms with Crippen molar-refractivity contribution in [2.45, 2.75) is 19.6 Å². The van der Waals surface area contributed by atoms with E-state index >= 15 is 0 Å². The van der Waals surface area contributed by atoms with Crippen LogP contribution in [0.5, 0.6) is 17.2 Å². The van der Waals surface area contributed by atoms with E-state index in [9.17, 15) is 4.79 Å². The molecule has 0 bridgehead atoms. The Kier molecular flexibility index (Phi) is 4.20. The topological polar surface area (TPSA) is 56.8 Å². The monoisotopic (exact) mass is 393 g/mol. The lowest BCUT2D eigenvalue weighted by molar-refractivity contribution is 0.0943. The van der Waals surface area contributed by atoms with Crippen molar-refractivity contribution in [3.63, 3.8) is 0 Å². The van der Waals surface area contributed by atoms with Gasteiger partial charge in [0.1, 0.15) is 25.6 Å². The van der Waals surface area contributed by atoms with Gasteiger partial charge in [0.25, 0.3) is 5.91 Å². The Morgan fingerprint density at radius 1 is 1.00 bits per heavy atom. The SMILES string of the molecule is C[C@@H](NC(=O)c1cc2c(s1)-c1ccccc1OC2)c1ccc2c(c1)OCCO2. The minimum atomic E-state index is -0.147. The molecular weight excluding hydrogens is 374 g/mol. The Balaban J connectivity index is 1.36. The van der Waals surface area contributed by atoms with E-state index in [-0.39, 0.29) is 11.9 Å². The summed E-state index contributed by atoms with van der Waals surface area (Å²) in [5, 5.41) is 3.09. The molecule has 5 nitrogen and oxygen atoms in total. The molecule has 0 saturated heterocycles. The van der Waals surface area contributed by atoms with Crippen LogP contribution in [0.4, 0.5) is 0 Å². The van der Waals surface area contributed by atoms with Crippen molar-refractivity contribution in [3.05, 3.63) is 64.5 Å². The zero-order chi connectivity index (χ0) is 19.1. The second kappa shape index (κ2) is 6.87. The van der Waals surface area contributed by atoms with Gasteiger partial charge in [0.15, 0.2) is 11.5 Å². The van der Waals surface area contributed by atoms with E-state index in [0.29, 0.717) is 24.7 Å². The predicted octanol–water partition coefficient (Wildman–Crippen LogP) is 4.57.